The number of piperidine rings is 1. The molecule has 5 rings (SSSR count). The lowest BCUT2D eigenvalue weighted by Gasteiger charge is -2.39. The number of nitrogens with zero attached hydrogens (tertiary/aromatic N) is 2. The van der Waals surface area contributed by atoms with Gasteiger partial charge in [0.2, 0.25) is 0 Å². The number of rotatable bonds is 4. The minimum Gasteiger partial charge on any atom is -0.370 e. The van der Waals surface area contributed by atoms with Crippen LogP contribution in [0.15, 0.2) is 18.2 Å². The van der Waals surface area contributed by atoms with E-state index >= 15 is 0 Å². The Bertz CT molecular complexity index is 713. The molecule has 0 aromatic heterocycles. The van der Waals surface area contributed by atoms with Gasteiger partial charge in [0.05, 0.1) is 6.61 Å². The van der Waals surface area contributed by atoms with Gasteiger partial charge in [-0.3, -0.25) is 4.90 Å². The van der Waals surface area contributed by atoms with Crippen LogP contribution in [0, 0.1) is 29.4 Å². The molecule has 4 aliphatic rings. The van der Waals surface area contributed by atoms with Gasteiger partial charge in [-0.05, 0) is 68.2 Å². The Morgan fingerprint density at radius 3 is 2.68 bits per heavy atom. The van der Waals surface area contributed by atoms with Gasteiger partial charge in [0.1, 0.15) is 17.7 Å². The molecule has 3 aliphatic heterocycles. The van der Waals surface area contributed by atoms with E-state index in [1.807, 2.05) is 0 Å². The first kappa shape index (κ1) is 18.9. The summed E-state index contributed by atoms with van der Waals surface area (Å²) in [6, 6.07) is 3.48. The second-order valence-corrected chi connectivity index (χ2v) is 9.44. The summed E-state index contributed by atoms with van der Waals surface area (Å²) >= 11 is 0. The van der Waals surface area contributed by atoms with Crippen molar-refractivity contribution in [2.45, 2.75) is 43.9 Å². The molecule has 4 nitrogen and oxygen atoms in total. The highest BCUT2D eigenvalue weighted by molar-refractivity contribution is 5.23. The maximum absolute atomic E-state index is 14.1. The Labute approximate surface area is 166 Å². The lowest BCUT2D eigenvalue weighted by atomic mass is 9.88. The van der Waals surface area contributed by atoms with E-state index in [0.717, 1.165) is 49.4 Å². The van der Waals surface area contributed by atoms with E-state index in [1.165, 1.54) is 45.0 Å². The summed E-state index contributed by atoms with van der Waals surface area (Å²) in [5.41, 5.74) is 6.62. The van der Waals surface area contributed by atoms with Crippen molar-refractivity contribution in [2.24, 2.45) is 23.5 Å². The predicted octanol–water partition coefficient (Wildman–Crippen LogP) is 2.79. The van der Waals surface area contributed by atoms with Crippen LogP contribution in [0.5, 0.6) is 0 Å². The third kappa shape index (κ3) is 3.84. The molecule has 0 radical (unpaired) electrons. The van der Waals surface area contributed by atoms with Crippen LogP contribution in [-0.2, 0) is 4.74 Å². The van der Waals surface area contributed by atoms with Crippen LogP contribution < -0.4 is 5.73 Å². The molecule has 3 heterocycles. The van der Waals surface area contributed by atoms with Crippen molar-refractivity contribution in [3.63, 3.8) is 0 Å². The number of hydrogen-bond acceptors (Lipinski definition) is 4. The van der Waals surface area contributed by atoms with E-state index in [0.29, 0.717) is 6.61 Å². The third-order valence-electron chi connectivity index (χ3n) is 7.31. The number of fused-ring (bicyclic) bond motifs is 1. The van der Waals surface area contributed by atoms with E-state index < -0.39 is 17.7 Å². The molecule has 0 amide bonds. The quantitative estimate of drug-likeness (QED) is 0.857. The summed E-state index contributed by atoms with van der Waals surface area (Å²) in [7, 11) is 0. The molecule has 5 unspecified atom stereocenters. The van der Waals surface area contributed by atoms with Gasteiger partial charge >= 0.3 is 0 Å². The average molecular weight is 392 g/mol. The fraction of sp³-hybridized carbons (Fsp3) is 0.727. The molecule has 1 aromatic rings. The van der Waals surface area contributed by atoms with Crippen molar-refractivity contribution in [1.29, 1.82) is 0 Å². The van der Waals surface area contributed by atoms with Gasteiger partial charge in [-0.1, -0.05) is 0 Å². The molecule has 1 aliphatic carbocycles. The summed E-state index contributed by atoms with van der Waals surface area (Å²) in [5.74, 6) is 1.60. The molecule has 1 saturated carbocycles. The zero-order valence-corrected chi connectivity index (χ0v) is 16.4. The molecule has 0 bridgehead atoms. The van der Waals surface area contributed by atoms with E-state index in [4.69, 9.17) is 10.5 Å². The highest BCUT2D eigenvalue weighted by Crippen LogP contribution is 2.38. The van der Waals surface area contributed by atoms with E-state index in [-0.39, 0.29) is 17.6 Å². The van der Waals surface area contributed by atoms with Crippen molar-refractivity contribution in [1.82, 2.24) is 9.80 Å². The van der Waals surface area contributed by atoms with Gasteiger partial charge in [0.15, 0.2) is 0 Å². The molecule has 5 atom stereocenters. The number of likely N-dealkylation sites (tertiary alicyclic amines) is 2. The highest BCUT2D eigenvalue weighted by atomic mass is 19.1. The second kappa shape index (κ2) is 7.63. The smallest absolute Gasteiger partial charge is 0.129 e. The lowest BCUT2D eigenvalue weighted by Crippen LogP contribution is -2.48. The average Bonchev–Trinajstić information content (AvgIpc) is 3.39. The normalized spacial score (nSPS) is 37.2. The van der Waals surface area contributed by atoms with Crippen LogP contribution in [0.2, 0.25) is 0 Å². The zero-order chi connectivity index (χ0) is 19.3. The fourth-order valence-electron chi connectivity index (χ4n) is 5.56. The Balaban J connectivity index is 1.19. The van der Waals surface area contributed by atoms with Crippen LogP contribution in [0.1, 0.15) is 37.4 Å². The van der Waals surface area contributed by atoms with Crippen molar-refractivity contribution >= 4 is 0 Å². The molecule has 1 aromatic carbocycles. The number of halogens is 2. The minimum atomic E-state index is -0.564. The van der Waals surface area contributed by atoms with E-state index in [2.05, 4.69) is 9.80 Å². The molecule has 2 N–H and O–H groups in total. The number of hydrogen-bond donors (Lipinski definition) is 1. The van der Waals surface area contributed by atoms with Gasteiger partial charge in [-0.2, -0.15) is 0 Å². The number of benzene rings is 1. The Morgan fingerprint density at radius 1 is 1.07 bits per heavy atom. The fourth-order valence-corrected chi connectivity index (χ4v) is 5.56. The maximum atomic E-state index is 14.1. The molecule has 6 heteroatoms. The monoisotopic (exact) mass is 391 g/mol. The Morgan fingerprint density at radius 2 is 1.89 bits per heavy atom. The van der Waals surface area contributed by atoms with Gasteiger partial charge < -0.3 is 15.4 Å². The van der Waals surface area contributed by atoms with Gasteiger partial charge in [-0.15, -0.1) is 0 Å². The van der Waals surface area contributed by atoms with Gasteiger partial charge in [0, 0.05) is 43.8 Å². The Kier molecular flexibility index (Phi) is 5.16. The standard InChI is InChI=1S/C22H31F2N3O/c23-17-3-4-20(24)19(7-17)22-21(25)8-18(13-28-22)27-11-15-5-6-26(9-14-1-2-14)10-16(15)12-27/h3-4,7,14-16,18,21-22H,1-2,5-6,8-13,25H2. The summed E-state index contributed by atoms with van der Waals surface area (Å²) < 4.78 is 33.7. The molecule has 154 valence electrons. The SMILES string of the molecule is NC1CC(N2CC3CCN(CC4CC4)CC3C2)COC1c1cc(F)ccc1F. The molecule has 4 fully saturated rings. The zero-order valence-electron chi connectivity index (χ0n) is 16.4. The molecular formula is C22H31F2N3O. The van der Waals surface area contributed by atoms with Crippen molar-refractivity contribution in [2.75, 3.05) is 39.3 Å². The molecule has 28 heavy (non-hydrogen) atoms. The largest absolute Gasteiger partial charge is 0.370 e. The predicted molar refractivity (Wildman–Crippen MR) is 104 cm³/mol. The van der Waals surface area contributed by atoms with Crippen LogP contribution in [-0.4, -0.2) is 61.2 Å². The van der Waals surface area contributed by atoms with Crippen molar-refractivity contribution in [3.05, 3.63) is 35.4 Å². The van der Waals surface area contributed by atoms with E-state index in [9.17, 15) is 8.78 Å². The summed E-state index contributed by atoms with van der Waals surface area (Å²) in [5, 5.41) is 0. The maximum Gasteiger partial charge on any atom is 0.129 e. The first-order valence-electron chi connectivity index (χ1n) is 10.9. The highest BCUT2D eigenvalue weighted by Gasteiger charge is 2.42. The number of nitrogens with two attached hydrogens (primary N) is 1. The first-order chi connectivity index (χ1) is 13.6. The molecule has 0 spiro atoms. The number of ether oxygens (including phenoxy) is 1. The van der Waals surface area contributed by atoms with Crippen molar-refractivity contribution in [3.8, 4) is 0 Å². The van der Waals surface area contributed by atoms with Crippen molar-refractivity contribution < 1.29 is 13.5 Å². The summed E-state index contributed by atoms with van der Waals surface area (Å²) in [6.07, 6.45) is 4.34. The Hall–Kier alpha value is -1.08. The third-order valence-corrected chi connectivity index (χ3v) is 7.31. The van der Waals surface area contributed by atoms with Crippen LogP contribution in [0.25, 0.3) is 0 Å². The van der Waals surface area contributed by atoms with Gasteiger partial charge in [0.25, 0.3) is 0 Å². The van der Waals surface area contributed by atoms with Crippen LogP contribution in [0.3, 0.4) is 0 Å². The van der Waals surface area contributed by atoms with Crippen LogP contribution >= 0.6 is 0 Å². The molecule has 3 saturated heterocycles. The second-order valence-electron chi connectivity index (χ2n) is 9.44. The topological polar surface area (TPSA) is 41.7 Å². The lowest BCUT2D eigenvalue weighted by molar-refractivity contribution is -0.0480. The van der Waals surface area contributed by atoms with E-state index in [1.54, 1.807) is 0 Å². The first-order valence-corrected chi connectivity index (χ1v) is 10.9. The summed E-state index contributed by atoms with van der Waals surface area (Å²) in [4.78, 5) is 5.22. The van der Waals surface area contributed by atoms with Crippen LogP contribution in [0.4, 0.5) is 8.78 Å². The van der Waals surface area contributed by atoms with Gasteiger partial charge in [-0.25, -0.2) is 8.78 Å². The minimum absolute atomic E-state index is 0.247. The molecular weight excluding hydrogens is 360 g/mol. The summed E-state index contributed by atoms with van der Waals surface area (Å²) in [6.45, 7) is 6.55.